The molecule has 1 amide bonds. The minimum Gasteiger partial charge on any atom is -0.348 e. The third-order valence-electron chi connectivity index (χ3n) is 3.71. The summed E-state index contributed by atoms with van der Waals surface area (Å²) in [5, 5.41) is 2.84. The van der Waals surface area contributed by atoms with E-state index in [1.165, 1.54) is 18.2 Å². The summed E-state index contributed by atoms with van der Waals surface area (Å²) in [7, 11) is 0. The van der Waals surface area contributed by atoms with Crippen LogP contribution in [0.5, 0.6) is 0 Å². The maximum absolute atomic E-state index is 12.9. The zero-order valence-electron chi connectivity index (χ0n) is 11.5. The topological polar surface area (TPSA) is 62.0 Å². The highest BCUT2D eigenvalue weighted by Gasteiger charge is 2.39. The van der Waals surface area contributed by atoms with Crippen LogP contribution in [0.1, 0.15) is 34.0 Å². The molecule has 1 aromatic carbocycles. The molecular weight excluding hydrogens is 271 g/mol. The standard InChI is InChI=1S/C16H15FN2O2/c1-9-2-7-12(15(20)18-9)16(21)19-14-8-13(14)10-3-5-11(17)6-4-10/h2-7,13-14H,8H2,1H3,(H,18,20)(H,19,21)/t13-,14+/m1/s1. The van der Waals surface area contributed by atoms with Crippen LogP contribution in [0.15, 0.2) is 41.2 Å². The molecule has 21 heavy (non-hydrogen) atoms. The van der Waals surface area contributed by atoms with E-state index in [1.807, 2.05) is 0 Å². The van der Waals surface area contributed by atoms with E-state index in [-0.39, 0.29) is 34.8 Å². The van der Waals surface area contributed by atoms with Crippen LogP contribution in [0.3, 0.4) is 0 Å². The monoisotopic (exact) mass is 286 g/mol. The van der Waals surface area contributed by atoms with Gasteiger partial charge in [0.1, 0.15) is 11.4 Å². The molecule has 0 aliphatic heterocycles. The van der Waals surface area contributed by atoms with Crippen molar-refractivity contribution in [3.05, 3.63) is 69.4 Å². The average molecular weight is 286 g/mol. The Hall–Kier alpha value is -2.43. The molecule has 1 fully saturated rings. The number of rotatable bonds is 3. The van der Waals surface area contributed by atoms with Crippen LogP contribution < -0.4 is 10.9 Å². The second kappa shape index (κ2) is 5.16. The van der Waals surface area contributed by atoms with Crippen molar-refractivity contribution in [3.8, 4) is 0 Å². The number of H-pyrrole nitrogens is 1. The lowest BCUT2D eigenvalue weighted by atomic mass is 10.1. The zero-order valence-corrected chi connectivity index (χ0v) is 11.5. The third-order valence-corrected chi connectivity index (χ3v) is 3.71. The molecule has 108 valence electrons. The van der Waals surface area contributed by atoms with Crippen LogP contribution in [-0.4, -0.2) is 16.9 Å². The summed E-state index contributed by atoms with van der Waals surface area (Å²) < 4.78 is 12.9. The van der Waals surface area contributed by atoms with Gasteiger partial charge in [0.05, 0.1) is 0 Å². The summed E-state index contributed by atoms with van der Waals surface area (Å²) in [5.41, 5.74) is 1.45. The Bertz CT molecular complexity index is 737. The van der Waals surface area contributed by atoms with Gasteiger partial charge in [-0.3, -0.25) is 9.59 Å². The first-order valence-corrected chi connectivity index (χ1v) is 6.81. The van der Waals surface area contributed by atoms with E-state index in [4.69, 9.17) is 0 Å². The molecule has 5 heteroatoms. The number of hydrogen-bond donors (Lipinski definition) is 2. The number of aromatic amines is 1. The molecule has 1 heterocycles. The van der Waals surface area contributed by atoms with E-state index < -0.39 is 0 Å². The van der Waals surface area contributed by atoms with Gasteiger partial charge in [-0.25, -0.2) is 4.39 Å². The normalized spacial score (nSPS) is 20.1. The number of hydrogen-bond acceptors (Lipinski definition) is 2. The number of halogens is 1. The number of carbonyl (C=O) groups excluding carboxylic acids is 1. The van der Waals surface area contributed by atoms with Gasteiger partial charge in [-0.2, -0.15) is 0 Å². The third kappa shape index (κ3) is 2.86. The smallest absolute Gasteiger partial charge is 0.260 e. The SMILES string of the molecule is Cc1ccc(C(=O)N[C@H]2C[C@@H]2c2ccc(F)cc2)c(=O)[nH]1. The summed E-state index contributed by atoms with van der Waals surface area (Å²) in [5.74, 6) is -0.448. The minimum atomic E-state index is -0.383. The van der Waals surface area contributed by atoms with Crippen molar-refractivity contribution in [1.82, 2.24) is 10.3 Å². The van der Waals surface area contributed by atoms with Gasteiger partial charge in [0.2, 0.25) is 0 Å². The van der Waals surface area contributed by atoms with E-state index in [0.29, 0.717) is 5.69 Å². The van der Waals surface area contributed by atoms with Crippen LogP contribution in [0.25, 0.3) is 0 Å². The zero-order chi connectivity index (χ0) is 15.0. The number of carbonyl (C=O) groups is 1. The fourth-order valence-corrected chi connectivity index (χ4v) is 2.43. The van der Waals surface area contributed by atoms with Gasteiger partial charge in [-0.15, -0.1) is 0 Å². The molecule has 1 saturated carbocycles. The quantitative estimate of drug-likeness (QED) is 0.907. The summed E-state index contributed by atoms with van der Waals surface area (Å²) >= 11 is 0. The highest BCUT2D eigenvalue weighted by molar-refractivity contribution is 5.94. The van der Waals surface area contributed by atoms with Crippen molar-refractivity contribution >= 4 is 5.91 Å². The predicted molar refractivity (Wildman–Crippen MR) is 76.8 cm³/mol. The van der Waals surface area contributed by atoms with E-state index in [9.17, 15) is 14.0 Å². The highest BCUT2D eigenvalue weighted by atomic mass is 19.1. The van der Waals surface area contributed by atoms with Crippen LogP contribution in [0.4, 0.5) is 4.39 Å². The number of nitrogens with one attached hydrogen (secondary N) is 2. The van der Waals surface area contributed by atoms with Crippen LogP contribution in [-0.2, 0) is 0 Å². The Morgan fingerprint density at radius 3 is 2.62 bits per heavy atom. The van der Waals surface area contributed by atoms with Crippen molar-refractivity contribution < 1.29 is 9.18 Å². The maximum atomic E-state index is 12.9. The molecule has 3 rings (SSSR count). The van der Waals surface area contributed by atoms with Gasteiger partial charge >= 0.3 is 0 Å². The Kier molecular flexibility index (Phi) is 3.33. The summed E-state index contributed by atoms with van der Waals surface area (Å²) in [6, 6.07) is 9.51. The van der Waals surface area contributed by atoms with Crippen LogP contribution in [0.2, 0.25) is 0 Å². The first kappa shape index (κ1) is 13.5. The fourth-order valence-electron chi connectivity index (χ4n) is 2.43. The maximum Gasteiger partial charge on any atom is 0.260 e. The Morgan fingerprint density at radius 1 is 1.24 bits per heavy atom. The molecule has 4 nitrogen and oxygen atoms in total. The Morgan fingerprint density at radius 2 is 1.95 bits per heavy atom. The average Bonchev–Trinajstić information content (AvgIpc) is 3.18. The molecule has 0 unspecified atom stereocenters. The molecule has 0 saturated heterocycles. The first-order chi connectivity index (χ1) is 10.0. The molecule has 0 spiro atoms. The van der Waals surface area contributed by atoms with Gasteiger partial charge in [-0.1, -0.05) is 12.1 Å². The summed E-state index contributed by atoms with van der Waals surface area (Å²) in [6.45, 7) is 1.76. The summed E-state index contributed by atoms with van der Waals surface area (Å²) in [6.07, 6.45) is 0.807. The molecule has 2 atom stereocenters. The van der Waals surface area contributed by atoms with Crippen LogP contribution in [0, 0.1) is 12.7 Å². The van der Waals surface area contributed by atoms with E-state index >= 15 is 0 Å². The second-order valence-electron chi connectivity index (χ2n) is 5.36. The first-order valence-electron chi connectivity index (χ1n) is 6.81. The van der Waals surface area contributed by atoms with Crippen molar-refractivity contribution in [2.75, 3.05) is 0 Å². The van der Waals surface area contributed by atoms with Crippen molar-refractivity contribution in [2.45, 2.75) is 25.3 Å². The minimum absolute atomic E-state index is 0.00339. The highest BCUT2D eigenvalue weighted by Crippen LogP contribution is 2.40. The number of aryl methyl sites for hydroxylation is 1. The lowest BCUT2D eigenvalue weighted by Gasteiger charge is -2.05. The van der Waals surface area contributed by atoms with Gasteiger partial charge in [0, 0.05) is 17.7 Å². The molecule has 1 aliphatic carbocycles. The molecule has 2 N–H and O–H groups in total. The lowest BCUT2D eigenvalue weighted by molar-refractivity contribution is 0.0949. The second-order valence-corrected chi connectivity index (χ2v) is 5.36. The predicted octanol–water partition coefficient (Wildman–Crippen LogP) is 2.11. The number of aromatic nitrogens is 1. The molecule has 2 aromatic rings. The largest absolute Gasteiger partial charge is 0.348 e. The van der Waals surface area contributed by atoms with Crippen molar-refractivity contribution in [2.24, 2.45) is 0 Å². The van der Waals surface area contributed by atoms with E-state index in [0.717, 1.165) is 12.0 Å². The van der Waals surface area contributed by atoms with Crippen LogP contribution >= 0.6 is 0 Å². The molecule has 0 bridgehead atoms. The summed E-state index contributed by atoms with van der Waals surface area (Å²) in [4.78, 5) is 26.4. The van der Waals surface area contributed by atoms with E-state index in [1.54, 1.807) is 25.1 Å². The van der Waals surface area contributed by atoms with Gasteiger partial charge in [0.25, 0.3) is 11.5 Å². The Labute approximate surface area is 121 Å². The lowest BCUT2D eigenvalue weighted by Crippen LogP contribution is -2.31. The van der Waals surface area contributed by atoms with Gasteiger partial charge in [0.15, 0.2) is 0 Å². The van der Waals surface area contributed by atoms with Gasteiger partial charge in [-0.05, 0) is 43.2 Å². The van der Waals surface area contributed by atoms with Gasteiger partial charge < -0.3 is 10.3 Å². The van der Waals surface area contributed by atoms with E-state index in [2.05, 4.69) is 10.3 Å². The van der Waals surface area contributed by atoms with Crippen molar-refractivity contribution in [3.63, 3.8) is 0 Å². The molecule has 1 aliphatic rings. The molecular formula is C16H15FN2O2. The number of amides is 1. The fraction of sp³-hybridized carbons (Fsp3) is 0.250. The van der Waals surface area contributed by atoms with Crippen molar-refractivity contribution in [1.29, 1.82) is 0 Å². The number of pyridine rings is 1. The molecule has 1 aromatic heterocycles. The Balaban J connectivity index is 1.67. The molecule has 0 radical (unpaired) electrons. The number of benzene rings is 1.